The van der Waals surface area contributed by atoms with E-state index in [1.165, 1.54) is 46.3 Å². The zero-order valence-electron chi connectivity index (χ0n) is 13.1. The molecule has 5 nitrogen and oxygen atoms in total. The van der Waals surface area contributed by atoms with Crippen molar-refractivity contribution in [2.24, 2.45) is 5.73 Å². The maximum absolute atomic E-state index is 12.2. The molecular formula is C14H30NO4P. The highest BCUT2D eigenvalue weighted by Gasteiger charge is 2.37. The SMILES string of the molecule is CCCCCCCCCCC(C(N)=O)P(=O)(OC)OC. The Labute approximate surface area is 123 Å². The predicted molar refractivity (Wildman–Crippen MR) is 81.8 cm³/mol. The highest BCUT2D eigenvalue weighted by molar-refractivity contribution is 7.55. The van der Waals surface area contributed by atoms with Crippen molar-refractivity contribution in [1.82, 2.24) is 0 Å². The molecule has 120 valence electrons. The second kappa shape index (κ2) is 11.3. The van der Waals surface area contributed by atoms with Crippen molar-refractivity contribution in [3.8, 4) is 0 Å². The van der Waals surface area contributed by atoms with Gasteiger partial charge in [0.1, 0.15) is 5.66 Å². The van der Waals surface area contributed by atoms with Crippen LogP contribution in [-0.4, -0.2) is 25.8 Å². The van der Waals surface area contributed by atoms with Crippen LogP contribution in [0.2, 0.25) is 0 Å². The van der Waals surface area contributed by atoms with Gasteiger partial charge < -0.3 is 14.8 Å². The Bertz CT molecular complexity index is 302. The fourth-order valence-electron chi connectivity index (χ4n) is 2.26. The van der Waals surface area contributed by atoms with E-state index in [0.717, 1.165) is 19.3 Å². The number of rotatable bonds is 13. The molecule has 0 heterocycles. The summed E-state index contributed by atoms with van der Waals surface area (Å²) in [6, 6.07) is 0. The third-order valence-corrected chi connectivity index (χ3v) is 5.84. The molecule has 0 radical (unpaired) electrons. The van der Waals surface area contributed by atoms with Gasteiger partial charge in [-0.15, -0.1) is 0 Å². The topological polar surface area (TPSA) is 78.6 Å². The van der Waals surface area contributed by atoms with Gasteiger partial charge >= 0.3 is 7.60 Å². The summed E-state index contributed by atoms with van der Waals surface area (Å²) in [6.07, 6.45) is 9.76. The Balaban J connectivity index is 3.94. The van der Waals surface area contributed by atoms with Crippen LogP contribution in [0.25, 0.3) is 0 Å². The molecule has 0 aliphatic carbocycles. The van der Waals surface area contributed by atoms with Gasteiger partial charge in [0.15, 0.2) is 0 Å². The average Bonchev–Trinajstić information content (AvgIpc) is 2.44. The van der Waals surface area contributed by atoms with E-state index in [1.807, 2.05) is 0 Å². The molecule has 0 aromatic rings. The molecule has 6 heteroatoms. The third kappa shape index (κ3) is 7.41. The van der Waals surface area contributed by atoms with Crippen LogP contribution in [0.1, 0.15) is 64.7 Å². The lowest BCUT2D eigenvalue weighted by Gasteiger charge is -2.21. The first-order chi connectivity index (χ1) is 9.51. The van der Waals surface area contributed by atoms with E-state index < -0.39 is 19.2 Å². The molecule has 1 atom stereocenters. The Morgan fingerprint density at radius 3 is 1.85 bits per heavy atom. The lowest BCUT2D eigenvalue weighted by atomic mass is 10.1. The first-order valence-electron chi connectivity index (χ1n) is 7.52. The van der Waals surface area contributed by atoms with E-state index in [1.54, 1.807) is 0 Å². The van der Waals surface area contributed by atoms with Crippen molar-refractivity contribution in [2.45, 2.75) is 70.4 Å². The van der Waals surface area contributed by atoms with Gasteiger partial charge in [-0.1, -0.05) is 58.3 Å². The quantitative estimate of drug-likeness (QED) is 0.414. The summed E-state index contributed by atoms with van der Waals surface area (Å²) >= 11 is 0. The minimum atomic E-state index is -3.39. The lowest BCUT2D eigenvalue weighted by molar-refractivity contribution is -0.118. The van der Waals surface area contributed by atoms with Crippen molar-refractivity contribution < 1.29 is 18.4 Å². The lowest BCUT2D eigenvalue weighted by Crippen LogP contribution is -2.29. The molecule has 0 aliphatic rings. The van der Waals surface area contributed by atoms with E-state index in [2.05, 4.69) is 6.92 Å². The number of unbranched alkanes of at least 4 members (excludes halogenated alkanes) is 7. The largest absolute Gasteiger partial charge is 0.369 e. The van der Waals surface area contributed by atoms with Gasteiger partial charge in [-0.05, 0) is 6.42 Å². The first-order valence-corrected chi connectivity index (χ1v) is 9.13. The number of hydrogen-bond acceptors (Lipinski definition) is 4. The van der Waals surface area contributed by atoms with Gasteiger partial charge in [0.05, 0.1) is 0 Å². The van der Waals surface area contributed by atoms with Crippen LogP contribution in [0.3, 0.4) is 0 Å². The summed E-state index contributed by atoms with van der Waals surface area (Å²) in [5.74, 6) is -0.611. The molecule has 0 spiro atoms. The Kier molecular flexibility index (Phi) is 11.1. The van der Waals surface area contributed by atoms with Gasteiger partial charge in [-0.25, -0.2) is 0 Å². The Morgan fingerprint density at radius 2 is 1.45 bits per heavy atom. The zero-order chi connectivity index (χ0) is 15.4. The van der Waals surface area contributed by atoms with Gasteiger partial charge in [-0.2, -0.15) is 0 Å². The molecule has 0 bridgehead atoms. The van der Waals surface area contributed by atoms with Gasteiger partial charge in [0.2, 0.25) is 5.91 Å². The fourth-order valence-corrected chi connectivity index (χ4v) is 3.73. The van der Waals surface area contributed by atoms with E-state index in [9.17, 15) is 9.36 Å². The standard InChI is InChI=1S/C14H30NO4P/c1-4-5-6-7-8-9-10-11-12-13(14(15)16)20(17,18-2)19-3/h13H,4-12H2,1-3H3,(H2,15,16). The summed E-state index contributed by atoms with van der Waals surface area (Å²) < 4.78 is 21.9. The molecule has 0 saturated carbocycles. The van der Waals surface area contributed by atoms with Crippen LogP contribution in [0, 0.1) is 0 Å². The smallest absolute Gasteiger partial charge is 0.342 e. The van der Waals surface area contributed by atoms with E-state index in [0.29, 0.717) is 6.42 Å². The molecule has 0 aromatic heterocycles. The number of carbonyl (C=O) groups is 1. The van der Waals surface area contributed by atoms with Crippen LogP contribution in [0.15, 0.2) is 0 Å². The summed E-state index contributed by atoms with van der Waals surface area (Å²) in [5.41, 5.74) is 4.46. The molecular weight excluding hydrogens is 277 g/mol. The minimum Gasteiger partial charge on any atom is -0.369 e. The fraction of sp³-hybridized carbons (Fsp3) is 0.929. The molecule has 0 aliphatic heterocycles. The number of nitrogens with two attached hydrogens (primary N) is 1. The van der Waals surface area contributed by atoms with Crippen LogP contribution < -0.4 is 5.73 Å². The molecule has 20 heavy (non-hydrogen) atoms. The van der Waals surface area contributed by atoms with Crippen molar-refractivity contribution in [2.75, 3.05) is 14.2 Å². The van der Waals surface area contributed by atoms with E-state index >= 15 is 0 Å². The van der Waals surface area contributed by atoms with Crippen molar-refractivity contribution in [3.63, 3.8) is 0 Å². The number of hydrogen-bond donors (Lipinski definition) is 1. The van der Waals surface area contributed by atoms with Crippen LogP contribution in [0.5, 0.6) is 0 Å². The highest BCUT2D eigenvalue weighted by atomic mass is 31.2. The number of primary amides is 1. The molecule has 0 rings (SSSR count). The molecule has 1 unspecified atom stereocenters. The van der Waals surface area contributed by atoms with Crippen LogP contribution in [0.4, 0.5) is 0 Å². The number of amides is 1. The molecule has 0 aromatic carbocycles. The summed E-state index contributed by atoms with van der Waals surface area (Å²) in [5, 5.41) is 0. The predicted octanol–water partition coefficient (Wildman–Crippen LogP) is 3.86. The van der Waals surface area contributed by atoms with Crippen molar-refractivity contribution in [3.05, 3.63) is 0 Å². The second-order valence-electron chi connectivity index (χ2n) is 5.09. The third-order valence-electron chi connectivity index (χ3n) is 3.55. The molecule has 2 N–H and O–H groups in total. The van der Waals surface area contributed by atoms with E-state index in [4.69, 9.17) is 14.8 Å². The highest BCUT2D eigenvalue weighted by Crippen LogP contribution is 2.53. The summed E-state index contributed by atoms with van der Waals surface area (Å²) in [4.78, 5) is 11.4. The maximum Gasteiger partial charge on any atom is 0.342 e. The van der Waals surface area contributed by atoms with Crippen LogP contribution in [-0.2, 0) is 18.4 Å². The first kappa shape index (κ1) is 19.6. The Hall–Kier alpha value is -0.380. The summed E-state index contributed by atoms with van der Waals surface area (Å²) in [6.45, 7) is 2.20. The average molecular weight is 307 g/mol. The molecule has 0 fully saturated rings. The normalized spacial score (nSPS) is 13.3. The van der Waals surface area contributed by atoms with Crippen molar-refractivity contribution in [1.29, 1.82) is 0 Å². The summed E-state index contributed by atoms with van der Waals surface area (Å²) in [7, 11) is -0.821. The van der Waals surface area contributed by atoms with Gasteiger partial charge in [0, 0.05) is 14.2 Å². The minimum absolute atomic E-state index is 0.462. The maximum atomic E-state index is 12.2. The van der Waals surface area contributed by atoms with Crippen molar-refractivity contribution >= 4 is 13.5 Å². The van der Waals surface area contributed by atoms with Gasteiger partial charge in [-0.3, -0.25) is 9.36 Å². The zero-order valence-corrected chi connectivity index (χ0v) is 14.0. The Morgan fingerprint density at radius 1 is 1.00 bits per heavy atom. The van der Waals surface area contributed by atoms with E-state index in [-0.39, 0.29) is 0 Å². The van der Waals surface area contributed by atoms with Gasteiger partial charge in [0.25, 0.3) is 0 Å². The van der Waals surface area contributed by atoms with Crippen LogP contribution >= 0.6 is 7.60 Å². The molecule has 1 amide bonds. The monoisotopic (exact) mass is 307 g/mol. The number of carbonyl (C=O) groups excluding carboxylic acids is 1. The second-order valence-corrected chi connectivity index (χ2v) is 7.52. The molecule has 0 saturated heterocycles.